The molecule has 4 amide bonds. The normalized spacial score (nSPS) is 14.2. The number of fused-ring (bicyclic) bond motifs is 1. The lowest BCUT2D eigenvalue weighted by molar-refractivity contribution is -0.192. The lowest BCUT2D eigenvalue weighted by atomic mass is 10.1. The molecular formula is C17H15F3N4O4S. The van der Waals surface area contributed by atoms with Crippen LogP contribution in [0.25, 0.3) is 0 Å². The van der Waals surface area contributed by atoms with Crippen LogP contribution in [0.15, 0.2) is 12.1 Å². The number of rotatable bonds is 2. The Labute approximate surface area is 169 Å². The number of benzene rings is 1. The van der Waals surface area contributed by atoms with Crippen molar-refractivity contribution in [1.82, 2.24) is 10.2 Å². The van der Waals surface area contributed by atoms with E-state index < -0.39 is 47.8 Å². The fourth-order valence-electron chi connectivity index (χ4n) is 2.51. The predicted molar refractivity (Wildman–Crippen MR) is 101 cm³/mol. The van der Waals surface area contributed by atoms with Gasteiger partial charge in [-0.15, -0.1) is 6.42 Å². The monoisotopic (exact) mass is 428 g/mol. The molecule has 0 fully saturated rings. The Morgan fingerprint density at radius 3 is 2.55 bits per heavy atom. The Bertz CT molecular complexity index is 947. The summed E-state index contributed by atoms with van der Waals surface area (Å²) in [5.41, 5.74) is -0.927. The number of urea groups is 1. The number of anilines is 2. The van der Waals surface area contributed by atoms with Crippen LogP contribution in [0.2, 0.25) is 0 Å². The standard InChI is InChI=1S/C17H15F3N4O4S/c1-5-6-23-12-8-11(10(18)7-13(12)28-17(19,20)14(23)26)24(9(2)25)16(27)22(4)15(29)21-3/h1,7-8H,6H2,2-4H3,(H,21,29). The number of terminal acetylenes is 1. The Morgan fingerprint density at radius 1 is 1.41 bits per heavy atom. The van der Waals surface area contributed by atoms with E-state index in [1.807, 2.05) is 5.92 Å². The van der Waals surface area contributed by atoms with Gasteiger partial charge in [-0.3, -0.25) is 19.4 Å². The second-order valence-electron chi connectivity index (χ2n) is 5.74. The van der Waals surface area contributed by atoms with Gasteiger partial charge in [0.1, 0.15) is 0 Å². The molecule has 0 aliphatic carbocycles. The highest BCUT2D eigenvalue weighted by atomic mass is 32.1. The largest absolute Gasteiger partial charge is 0.483 e. The van der Waals surface area contributed by atoms with Crippen LogP contribution in [0.4, 0.5) is 29.3 Å². The van der Waals surface area contributed by atoms with Gasteiger partial charge in [0.25, 0.3) is 0 Å². The molecule has 12 heteroatoms. The molecule has 0 saturated heterocycles. The number of carbonyl (C=O) groups is 3. The minimum atomic E-state index is -4.26. The van der Waals surface area contributed by atoms with Crippen molar-refractivity contribution < 1.29 is 32.3 Å². The van der Waals surface area contributed by atoms with E-state index in [9.17, 15) is 27.6 Å². The molecule has 154 valence electrons. The number of carbonyl (C=O) groups excluding carboxylic acids is 3. The fraction of sp³-hybridized carbons (Fsp3) is 0.294. The van der Waals surface area contributed by atoms with E-state index in [2.05, 4.69) is 10.1 Å². The lowest BCUT2D eigenvalue weighted by Crippen LogP contribution is -2.51. The molecule has 0 atom stereocenters. The molecule has 0 unspecified atom stereocenters. The average Bonchev–Trinajstić information content (AvgIpc) is 2.64. The number of nitrogens with one attached hydrogen (secondary N) is 1. The summed E-state index contributed by atoms with van der Waals surface area (Å²) in [6.45, 7) is 0.412. The molecule has 29 heavy (non-hydrogen) atoms. The van der Waals surface area contributed by atoms with E-state index in [4.69, 9.17) is 18.6 Å². The maximum absolute atomic E-state index is 14.7. The Balaban J connectivity index is 2.64. The molecule has 2 rings (SSSR count). The van der Waals surface area contributed by atoms with Crippen molar-refractivity contribution in [3.63, 3.8) is 0 Å². The van der Waals surface area contributed by atoms with Crippen molar-refractivity contribution in [2.45, 2.75) is 13.0 Å². The zero-order valence-electron chi connectivity index (χ0n) is 15.5. The van der Waals surface area contributed by atoms with E-state index in [1.165, 1.54) is 14.1 Å². The number of imide groups is 1. The third kappa shape index (κ3) is 3.95. The maximum atomic E-state index is 14.7. The zero-order chi connectivity index (χ0) is 22.1. The summed E-state index contributed by atoms with van der Waals surface area (Å²) in [5.74, 6) is -2.52. The van der Waals surface area contributed by atoms with Crippen molar-refractivity contribution in [2.75, 3.05) is 30.4 Å². The Hall–Kier alpha value is -3.33. The number of ether oxygens (including phenoxy) is 1. The third-order valence-electron chi connectivity index (χ3n) is 3.85. The van der Waals surface area contributed by atoms with Crippen LogP contribution >= 0.6 is 12.2 Å². The van der Waals surface area contributed by atoms with Crippen LogP contribution in [-0.2, 0) is 9.59 Å². The second-order valence-corrected chi connectivity index (χ2v) is 6.12. The SMILES string of the molecule is C#CCN1C(=O)C(F)(F)Oc2cc(F)c(N(C(C)=O)C(=O)N(C)C(=S)NC)cc21. The van der Waals surface area contributed by atoms with Crippen molar-refractivity contribution in [3.8, 4) is 18.1 Å². The summed E-state index contributed by atoms with van der Waals surface area (Å²) in [6.07, 6.45) is 0.873. The van der Waals surface area contributed by atoms with Gasteiger partial charge in [0, 0.05) is 27.1 Å². The average molecular weight is 428 g/mol. The van der Waals surface area contributed by atoms with Gasteiger partial charge in [-0.2, -0.15) is 8.78 Å². The van der Waals surface area contributed by atoms with Crippen molar-refractivity contribution in [1.29, 1.82) is 0 Å². The molecule has 0 spiro atoms. The Kier molecular flexibility index (Phi) is 6.03. The van der Waals surface area contributed by atoms with Gasteiger partial charge in [-0.1, -0.05) is 5.92 Å². The van der Waals surface area contributed by atoms with Crippen LogP contribution in [0, 0.1) is 18.2 Å². The summed E-state index contributed by atoms with van der Waals surface area (Å²) >= 11 is 4.92. The second kappa shape index (κ2) is 7.96. The quantitative estimate of drug-likeness (QED) is 0.570. The molecule has 0 radical (unpaired) electrons. The van der Waals surface area contributed by atoms with Crippen molar-refractivity contribution in [2.24, 2.45) is 0 Å². The van der Waals surface area contributed by atoms with Crippen molar-refractivity contribution >= 4 is 46.6 Å². The first-order valence-electron chi connectivity index (χ1n) is 7.92. The third-order valence-corrected chi connectivity index (χ3v) is 4.33. The van der Waals surface area contributed by atoms with Gasteiger partial charge in [0.2, 0.25) is 5.91 Å². The molecule has 0 bridgehead atoms. The van der Waals surface area contributed by atoms with Crippen LogP contribution in [0.1, 0.15) is 6.92 Å². The highest BCUT2D eigenvalue weighted by molar-refractivity contribution is 7.80. The first-order chi connectivity index (χ1) is 13.5. The van der Waals surface area contributed by atoms with Gasteiger partial charge >= 0.3 is 18.0 Å². The first kappa shape index (κ1) is 22.0. The molecule has 1 aromatic rings. The summed E-state index contributed by atoms with van der Waals surface area (Å²) in [7, 11) is 2.68. The van der Waals surface area contributed by atoms with E-state index in [1.54, 1.807) is 0 Å². The summed E-state index contributed by atoms with van der Waals surface area (Å²) in [6, 6.07) is 0.367. The van der Waals surface area contributed by atoms with Gasteiger partial charge in [0.15, 0.2) is 16.7 Å². The first-order valence-corrected chi connectivity index (χ1v) is 8.33. The number of halogens is 3. The summed E-state index contributed by atoms with van der Waals surface area (Å²) in [5, 5.41) is 2.46. The van der Waals surface area contributed by atoms with E-state index in [0.717, 1.165) is 17.9 Å². The van der Waals surface area contributed by atoms with Gasteiger partial charge in [0.05, 0.1) is 17.9 Å². The number of hydrogen-bond acceptors (Lipinski definition) is 5. The minimum Gasteiger partial charge on any atom is -0.423 e. The minimum absolute atomic E-state index is 0.0632. The molecule has 1 N–H and O–H groups in total. The molecule has 0 saturated carbocycles. The predicted octanol–water partition coefficient (Wildman–Crippen LogP) is 1.69. The molecule has 8 nitrogen and oxygen atoms in total. The fourth-order valence-corrected chi connectivity index (χ4v) is 2.58. The molecule has 1 aromatic carbocycles. The summed E-state index contributed by atoms with van der Waals surface area (Å²) in [4.78, 5) is 38.5. The summed E-state index contributed by atoms with van der Waals surface area (Å²) < 4.78 is 46.5. The molecule has 1 heterocycles. The molecular weight excluding hydrogens is 413 g/mol. The molecule has 0 aromatic heterocycles. The topological polar surface area (TPSA) is 82.2 Å². The number of nitrogens with zero attached hydrogens (tertiary/aromatic N) is 3. The van der Waals surface area contributed by atoms with E-state index >= 15 is 0 Å². The van der Waals surface area contributed by atoms with Crippen molar-refractivity contribution in [3.05, 3.63) is 17.9 Å². The van der Waals surface area contributed by atoms with Gasteiger partial charge in [-0.05, 0) is 18.3 Å². The zero-order valence-corrected chi connectivity index (χ0v) is 16.3. The van der Waals surface area contributed by atoms with E-state index in [0.29, 0.717) is 15.9 Å². The highest BCUT2D eigenvalue weighted by Crippen LogP contribution is 2.42. The van der Waals surface area contributed by atoms with Gasteiger partial charge in [-0.25, -0.2) is 14.1 Å². The maximum Gasteiger partial charge on any atom is 0.483 e. The highest BCUT2D eigenvalue weighted by Gasteiger charge is 2.51. The molecule has 1 aliphatic heterocycles. The van der Waals surface area contributed by atoms with Crippen LogP contribution in [-0.4, -0.2) is 54.6 Å². The lowest BCUT2D eigenvalue weighted by Gasteiger charge is -2.33. The van der Waals surface area contributed by atoms with Gasteiger partial charge < -0.3 is 10.1 Å². The smallest absolute Gasteiger partial charge is 0.423 e. The number of thiocarbonyl (C=S) groups is 1. The van der Waals surface area contributed by atoms with E-state index in [-0.39, 0.29) is 10.8 Å². The van der Waals surface area contributed by atoms with Crippen LogP contribution in [0.3, 0.4) is 0 Å². The van der Waals surface area contributed by atoms with Crippen LogP contribution in [0.5, 0.6) is 5.75 Å². The van der Waals surface area contributed by atoms with Crippen LogP contribution < -0.4 is 19.9 Å². The number of alkyl halides is 2. The molecule has 1 aliphatic rings. The number of hydrogen-bond donors (Lipinski definition) is 1. The Morgan fingerprint density at radius 2 is 2.03 bits per heavy atom. The number of amides is 4.